The zero-order valence-electron chi connectivity index (χ0n) is 14.3. The lowest BCUT2D eigenvalue weighted by Gasteiger charge is -2.17. The van der Waals surface area contributed by atoms with Crippen LogP contribution in [0.4, 0.5) is 0 Å². The van der Waals surface area contributed by atoms with Crippen molar-refractivity contribution < 1.29 is 5.11 Å². The standard InChI is InChI=1S/C23H19NO2/c25-22-19-13-7-8-14-20(19)23(26)24(18-11-5-2-6-12-18)21(22)16-15-17-9-3-1-4-10-17/h1-14,25H,15-16H2. The molecule has 0 atom stereocenters. The molecule has 0 aliphatic carbocycles. The number of aromatic hydroxyl groups is 1. The van der Waals surface area contributed by atoms with Gasteiger partial charge in [-0.15, -0.1) is 0 Å². The Kier molecular flexibility index (Phi) is 4.28. The van der Waals surface area contributed by atoms with Crippen LogP contribution in [0.5, 0.6) is 5.75 Å². The van der Waals surface area contributed by atoms with E-state index in [1.165, 1.54) is 5.56 Å². The van der Waals surface area contributed by atoms with Gasteiger partial charge in [-0.25, -0.2) is 0 Å². The minimum atomic E-state index is -0.104. The zero-order chi connectivity index (χ0) is 17.9. The predicted octanol–water partition coefficient (Wildman–Crippen LogP) is 4.48. The summed E-state index contributed by atoms with van der Waals surface area (Å²) >= 11 is 0. The monoisotopic (exact) mass is 341 g/mol. The molecule has 4 rings (SSSR count). The number of benzene rings is 3. The van der Waals surface area contributed by atoms with Crippen LogP contribution in [0.25, 0.3) is 16.5 Å². The first-order chi connectivity index (χ1) is 12.8. The quantitative estimate of drug-likeness (QED) is 0.594. The van der Waals surface area contributed by atoms with E-state index in [0.29, 0.717) is 22.9 Å². The van der Waals surface area contributed by atoms with Crippen LogP contribution >= 0.6 is 0 Å². The average molecular weight is 341 g/mol. The van der Waals surface area contributed by atoms with E-state index >= 15 is 0 Å². The van der Waals surface area contributed by atoms with Crippen molar-refractivity contribution in [1.29, 1.82) is 0 Å². The summed E-state index contributed by atoms with van der Waals surface area (Å²) in [7, 11) is 0. The molecule has 26 heavy (non-hydrogen) atoms. The fourth-order valence-electron chi connectivity index (χ4n) is 3.37. The van der Waals surface area contributed by atoms with Gasteiger partial charge in [-0.05, 0) is 36.6 Å². The molecule has 4 aromatic rings. The molecule has 3 heteroatoms. The van der Waals surface area contributed by atoms with Crippen molar-refractivity contribution in [2.75, 3.05) is 0 Å². The Morgan fingerprint density at radius 2 is 1.27 bits per heavy atom. The summed E-state index contributed by atoms with van der Waals surface area (Å²) in [5, 5.41) is 12.1. The molecule has 0 fully saturated rings. The maximum absolute atomic E-state index is 13.2. The summed E-state index contributed by atoms with van der Waals surface area (Å²) in [4.78, 5) is 13.2. The van der Waals surface area contributed by atoms with Gasteiger partial charge in [0.15, 0.2) is 0 Å². The summed E-state index contributed by atoms with van der Waals surface area (Å²) in [5.74, 6) is 0.181. The van der Waals surface area contributed by atoms with Gasteiger partial charge in [-0.1, -0.05) is 66.7 Å². The highest BCUT2D eigenvalue weighted by Crippen LogP contribution is 2.29. The molecule has 0 unspecified atom stereocenters. The number of pyridine rings is 1. The summed E-state index contributed by atoms with van der Waals surface area (Å²) in [6, 6.07) is 26.8. The second-order valence-electron chi connectivity index (χ2n) is 6.30. The predicted molar refractivity (Wildman–Crippen MR) is 105 cm³/mol. The third kappa shape index (κ3) is 2.88. The van der Waals surface area contributed by atoms with E-state index in [1.54, 1.807) is 16.7 Å². The summed E-state index contributed by atoms with van der Waals surface area (Å²) in [6.07, 6.45) is 1.32. The molecule has 0 aliphatic rings. The number of rotatable bonds is 4. The second-order valence-corrected chi connectivity index (χ2v) is 6.30. The highest BCUT2D eigenvalue weighted by molar-refractivity contribution is 5.88. The van der Waals surface area contributed by atoms with Crippen molar-refractivity contribution in [2.24, 2.45) is 0 Å². The van der Waals surface area contributed by atoms with E-state index in [-0.39, 0.29) is 11.3 Å². The third-order valence-electron chi connectivity index (χ3n) is 4.67. The molecule has 1 N–H and O–H groups in total. The van der Waals surface area contributed by atoms with Crippen LogP contribution in [0.1, 0.15) is 11.3 Å². The molecule has 3 aromatic carbocycles. The highest BCUT2D eigenvalue weighted by atomic mass is 16.3. The van der Waals surface area contributed by atoms with Gasteiger partial charge in [0.25, 0.3) is 5.56 Å². The molecule has 0 amide bonds. The molecular weight excluding hydrogens is 322 g/mol. The number of aromatic nitrogens is 1. The number of hydrogen-bond acceptors (Lipinski definition) is 2. The van der Waals surface area contributed by atoms with Gasteiger partial charge in [-0.2, -0.15) is 0 Å². The van der Waals surface area contributed by atoms with Crippen LogP contribution in [0.15, 0.2) is 89.7 Å². The second kappa shape index (κ2) is 6.89. The smallest absolute Gasteiger partial charge is 0.263 e. The Bertz CT molecular complexity index is 1100. The van der Waals surface area contributed by atoms with Crippen LogP contribution in [0.3, 0.4) is 0 Å². The Morgan fingerprint density at radius 3 is 1.96 bits per heavy atom. The maximum atomic E-state index is 13.2. The van der Waals surface area contributed by atoms with E-state index in [2.05, 4.69) is 12.1 Å². The maximum Gasteiger partial charge on any atom is 0.263 e. The lowest BCUT2D eigenvalue weighted by Crippen LogP contribution is -2.22. The topological polar surface area (TPSA) is 42.2 Å². The first-order valence-corrected chi connectivity index (χ1v) is 8.70. The number of hydrogen-bond donors (Lipinski definition) is 1. The van der Waals surface area contributed by atoms with Crippen molar-refractivity contribution in [1.82, 2.24) is 4.57 Å². The fraction of sp³-hybridized carbons (Fsp3) is 0.0870. The van der Waals surface area contributed by atoms with Gasteiger partial charge >= 0.3 is 0 Å². The van der Waals surface area contributed by atoms with Crippen molar-refractivity contribution in [3.63, 3.8) is 0 Å². The summed E-state index contributed by atoms with van der Waals surface area (Å²) < 4.78 is 1.64. The van der Waals surface area contributed by atoms with Gasteiger partial charge in [0, 0.05) is 11.1 Å². The van der Waals surface area contributed by atoms with E-state index < -0.39 is 0 Å². The van der Waals surface area contributed by atoms with E-state index in [1.807, 2.05) is 60.7 Å². The van der Waals surface area contributed by atoms with Crippen LogP contribution < -0.4 is 5.56 Å². The Labute approximate surface area is 151 Å². The van der Waals surface area contributed by atoms with E-state index in [0.717, 1.165) is 12.1 Å². The summed E-state index contributed by atoms with van der Waals surface area (Å²) in [6.45, 7) is 0. The number of para-hydroxylation sites is 1. The molecule has 1 aromatic heterocycles. The van der Waals surface area contributed by atoms with Crippen LogP contribution in [0, 0.1) is 0 Å². The largest absolute Gasteiger partial charge is 0.505 e. The van der Waals surface area contributed by atoms with Gasteiger partial charge in [0.2, 0.25) is 0 Å². The van der Waals surface area contributed by atoms with Crippen LogP contribution in [-0.4, -0.2) is 9.67 Å². The summed E-state index contributed by atoms with van der Waals surface area (Å²) in [5.41, 5.74) is 2.48. The molecule has 128 valence electrons. The third-order valence-corrected chi connectivity index (χ3v) is 4.67. The average Bonchev–Trinajstić information content (AvgIpc) is 2.71. The van der Waals surface area contributed by atoms with Gasteiger partial charge in [0.05, 0.1) is 11.1 Å². The number of aryl methyl sites for hydroxylation is 1. The minimum absolute atomic E-state index is 0.104. The number of nitrogens with zero attached hydrogens (tertiary/aromatic N) is 1. The van der Waals surface area contributed by atoms with Crippen molar-refractivity contribution >= 4 is 10.8 Å². The molecular formula is C23H19NO2. The van der Waals surface area contributed by atoms with E-state index in [9.17, 15) is 9.90 Å². The van der Waals surface area contributed by atoms with E-state index in [4.69, 9.17) is 0 Å². The lowest BCUT2D eigenvalue weighted by atomic mass is 10.0. The first-order valence-electron chi connectivity index (χ1n) is 8.70. The molecule has 0 radical (unpaired) electrons. The Balaban J connectivity index is 1.91. The zero-order valence-corrected chi connectivity index (χ0v) is 14.3. The molecule has 0 saturated heterocycles. The fourth-order valence-corrected chi connectivity index (χ4v) is 3.37. The molecule has 0 bridgehead atoms. The van der Waals surface area contributed by atoms with Crippen LogP contribution in [-0.2, 0) is 12.8 Å². The molecule has 0 spiro atoms. The molecule has 0 aliphatic heterocycles. The Hall–Kier alpha value is -3.33. The molecule has 1 heterocycles. The molecule has 0 saturated carbocycles. The first kappa shape index (κ1) is 16.2. The highest BCUT2D eigenvalue weighted by Gasteiger charge is 2.17. The number of fused-ring (bicyclic) bond motifs is 1. The molecule has 3 nitrogen and oxygen atoms in total. The van der Waals surface area contributed by atoms with Gasteiger partial charge in [-0.3, -0.25) is 9.36 Å². The minimum Gasteiger partial charge on any atom is -0.505 e. The normalized spacial score (nSPS) is 10.9. The van der Waals surface area contributed by atoms with Crippen molar-refractivity contribution in [3.8, 4) is 11.4 Å². The van der Waals surface area contributed by atoms with Crippen LogP contribution in [0.2, 0.25) is 0 Å². The SMILES string of the molecule is O=c1c2ccccc2c(O)c(CCc2ccccc2)n1-c1ccccc1. The van der Waals surface area contributed by atoms with Gasteiger partial charge < -0.3 is 5.11 Å². The van der Waals surface area contributed by atoms with Crippen molar-refractivity contribution in [3.05, 3.63) is 107 Å². The lowest BCUT2D eigenvalue weighted by molar-refractivity contribution is 0.466. The van der Waals surface area contributed by atoms with Gasteiger partial charge in [0.1, 0.15) is 5.75 Å². The Morgan fingerprint density at radius 1 is 0.692 bits per heavy atom. The van der Waals surface area contributed by atoms with Crippen molar-refractivity contribution in [2.45, 2.75) is 12.8 Å².